The molecule has 5 nitrogen and oxygen atoms in total. The molecule has 0 bridgehead atoms. The van der Waals surface area contributed by atoms with E-state index in [0.717, 1.165) is 16.9 Å². The molecule has 0 saturated carbocycles. The molecule has 1 aliphatic heterocycles. The number of hydrogen-bond acceptors (Lipinski definition) is 4. The predicted octanol–water partition coefficient (Wildman–Crippen LogP) is 1.49. The maximum Gasteiger partial charge on any atom is 0.320 e. The number of ether oxygens (including phenoxy) is 2. The Labute approximate surface area is 106 Å². The fourth-order valence-corrected chi connectivity index (χ4v) is 2.17. The number of fused-ring (bicyclic) bond motifs is 1. The van der Waals surface area contributed by atoms with Gasteiger partial charge in [0.2, 0.25) is 6.79 Å². The van der Waals surface area contributed by atoms with Gasteiger partial charge in [-0.25, -0.2) is 0 Å². The van der Waals surface area contributed by atoms with Crippen LogP contribution in [-0.2, 0) is 11.2 Å². The Morgan fingerprint density at radius 1 is 1.44 bits per heavy atom. The van der Waals surface area contributed by atoms with Crippen LogP contribution in [-0.4, -0.2) is 23.9 Å². The maximum atomic E-state index is 10.8. The van der Waals surface area contributed by atoms with Gasteiger partial charge in [-0.1, -0.05) is 19.9 Å². The summed E-state index contributed by atoms with van der Waals surface area (Å²) >= 11 is 0. The number of carbonyl (C=O) groups is 1. The van der Waals surface area contributed by atoms with Crippen LogP contribution < -0.4 is 15.2 Å². The molecule has 1 unspecified atom stereocenters. The van der Waals surface area contributed by atoms with Gasteiger partial charge in [0.15, 0.2) is 11.5 Å². The van der Waals surface area contributed by atoms with E-state index in [4.69, 9.17) is 20.3 Å². The van der Waals surface area contributed by atoms with E-state index >= 15 is 0 Å². The highest BCUT2D eigenvalue weighted by Crippen LogP contribution is 2.41. The van der Waals surface area contributed by atoms with Crippen molar-refractivity contribution in [3.8, 4) is 11.5 Å². The van der Waals surface area contributed by atoms with Crippen LogP contribution >= 0.6 is 0 Å². The second kappa shape index (κ2) is 4.86. The van der Waals surface area contributed by atoms with Crippen molar-refractivity contribution >= 4 is 5.97 Å². The van der Waals surface area contributed by atoms with Gasteiger partial charge >= 0.3 is 5.97 Å². The van der Waals surface area contributed by atoms with Gasteiger partial charge in [0, 0.05) is 5.56 Å². The molecule has 5 heteroatoms. The minimum Gasteiger partial charge on any atom is -0.480 e. The summed E-state index contributed by atoms with van der Waals surface area (Å²) < 4.78 is 10.8. The van der Waals surface area contributed by atoms with Crippen molar-refractivity contribution in [2.45, 2.75) is 32.2 Å². The van der Waals surface area contributed by atoms with E-state index in [2.05, 4.69) is 0 Å². The third-order valence-corrected chi connectivity index (χ3v) is 3.00. The smallest absolute Gasteiger partial charge is 0.320 e. The first-order valence-electron chi connectivity index (χ1n) is 5.90. The van der Waals surface area contributed by atoms with Crippen LogP contribution in [0.2, 0.25) is 0 Å². The predicted molar refractivity (Wildman–Crippen MR) is 66.0 cm³/mol. The standard InChI is InChI=1S/C13H17NO4/c1-7(2)11-8(5-9(14)13(15)16)3-4-10-12(11)18-6-17-10/h3-4,7,9H,5-6,14H2,1-2H3,(H,15,16). The number of carboxylic acid groups (broad SMARTS) is 1. The molecule has 1 heterocycles. The molecule has 98 valence electrons. The van der Waals surface area contributed by atoms with Gasteiger partial charge < -0.3 is 20.3 Å². The quantitative estimate of drug-likeness (QED) is 0.847. The molecule has 0 aliphatic carbocycles. The lowest BCUT2D eigenvalue weighted by Gasteiger charge is -2.16. The van der Waals surface area contributed by atoms with E-state index in [1.165, 1.54) is 0 Å². The van der Waals surface area contributed by atoms with Crippen molar-refractivity contribution in [2.24, 2.45) is 5.73 Å². The molecule has 0 aromatic heterocycles. The lowest BCUT2D eigenvalue weighted by atomic mass is 9.92. The summed E-state index contributed by atoms with van der Waals surface area (Å²) in [6, 6.07) is 2.77. The Hall–Kier alpha value is -1.75. The molecule has 0 spiro atoms. The van der Waals surface area contributed by atoms with Gasteiger partial charge in [-0.05, 0) is 24.0 Å². The monoisotopic (exact) mass is 251 g/mol. The Balaban J connectivity index is 2.38. The van der Waals surface area contributed by atoms with Gasteiger partial charge in [-0.3, -0.25) is 4.79 Å². The number of benzene rings is 1. The fourth-order valence-electron chi connectivity index (χ4n) is 2.17. The highest BCUT2D eigenvalue weighted by atomic mass is 16.7. The van der Waals surface area contributed by atoms with Gasteiger partial charge in [-0.2, -0.15) is 0 Å². The molecular formula is C13H17NO4. The molecule has 0 amide bonds. The summed E-state index contributed by atoms with van der Waals surface area (Å²) in [5.74, 6) is 0.659. The third kappa shape index (κ3) is 2.26. The fraction of sp³-hybridized carbons (Fsp3) is 0.462. The van der Waals surface area contributed by atoms with Crippen molar-refractivity contribution in [2.75, 3.05) is 6.79 Å². The highest BCUT2D eigenvalue weighted by Gasteiger charge is 2.24. The van der Waals surface area contributed by atoms with E-state index in [1.807, 2.05) is 19.9 Å². The lowest BCUT2D eigenvalue weighted by Crippen LogP contribution is -2.32. The molecule has 1 aliphatic rings. The number of carboxylic acids is 1. The third-order valence-electron chi connectivity index (χ3n) is 3.00. The zero-order valence-electron chi connectivity index (χ0n) is 10.5. The van der Waals surface area contributed by atoms with Crippen molar-refractivity contribution in [3.05, 3.63) is 23.3 Å². The van der Waals surface area contributed by atoms with Crippen molar-refractivity contribution < 1.29 is 19.4 Å². The highest BCUT2D eigenvalue weighted by molar-refractivity contribution is 5.73. The molecule has 0 fully saturated rings. The largest absolute Gasteiger partial charge is 0.480 e. The van der Waals surface area contributed by atoms with Crippen LogP contribution in [0, 0.1) is 0 Å². The normalized spacial score (nSPS) is 14.9. The van der Waals surface area contributed by atoms with Crippen molar-refractivity contribution in [3.63, 3.8) is 0 Å². The molecule has 1 atom stereocenters. The van der Waals surface area contributed by atoms with E-state index in [1.54, 1.807) is 6.07 Å². The molecule has 1 aromatic rings. The summed E-state index contributed by atoms with van der Waals surface area (Å²) in [5.41, 5.74) is 7.49. The molecule has 2 rings (SSSR count). The number of aliphatic carboxylic acids is 1. The minimum absolute atomic E-state index is 0.212. The Morgan fingerprint density at radius 2 is 2.17 bits per heavy atom. The summed E-state index contributed by atoms with van der Waals surface area (Å²) in [5, 5.41) is 8.89. The second-order valence-electron chi connectivity index (χ2n) is 4.68. The van der Waals surface area contributed by atoms with Crippen LogP contribution in [0.25, 0.3) is 0 Å². The van der Waals surface area contributed by atoms with Gasteiger partial charge in [0.1, 0.15) is 6.04 Å². The molecule has 0 saturated heterocycles. The summed E-state index contributed by atoms with van der Waals surface area (Å²) in [7, 11) is 0. The van der Waals surface area contributed by atoms with Gasteiger partial charge in [0.25, 0.3) is 0 Å². The Kier molecular flexibility index (Phi) is 3.43. The average Bonchev–Trinajstić information content (AvgIpc) is 2.75. The molecule has 1 aromatic carbocycles. The summed E-state index contributed by atoms with van der Waals surface area (Å²) in [6.45, 7) is 4.28. The van der Waals surface area contributed by atoms with E-state index < -0.39 is 12.0 Å². The summed E-state index contributed by atoms with van der Waals surface area (Å²) in [6.07, 6.45) is 0.291. The molecule has 18 heavy (non-hydrogen) atoms. The van der Waals surface area contributed by atoms with Gasteiger partial charge in [0.05, 0.1) is 0 Å². The first-order chi connectivity index (χ1) is 8.50. The summed E-state index contributed by atoms with van der Waals surface area (Å²) in [4.78, 5) is 10.8. The van der Waals surface area contributed by atoms with Gasteiger partial charge in [-0.15, -0.1) is 0 Å². The van der Waals surface area contributed by atoms with Crippen LogP contribution in [0.3, 0.4) is 0 Å². The van der Waals surface area contributed by atoms with Crippen LogP contribution in [0.1, 0.15) is 30.9 Å². The first kappa shape index (κ1) is 12.7. The zero-order valence-corrected chi connectivity index (χ0v) is 10.5. The van der Waals surface area contributed by atoms with E-state index in [-0.39, 0.29) is 12.7 Å². The van der Waals surface area contributed by atoms with Crippen LogP contribution in [0.4, 0.5) is 0 Å². The van der Waals surface area contributed by atoms with Crippen molar-refractivity contribution in [1.82, 2.24) is 0 Å². The van der Waals surface area contributed by atoms with Crippen LogP contribution in [0.15, 0.2) is 12.1 Å². The number of nitrogens with two attached hydrogens (primary N) is 1. The van der Waals surface area contributed by atoms with Crippen LogP contribution in [0.5, 0.6) is 11.5 Å². The van der Waals surface area contributed by atoms with E-state index in [0.29, 0.717) is 12.2 Å². The first-order valence-corrected chi connectivity index (χ1v) is 5.90. The van der Waals surface area contributed by atoms with E-state index in [9.17, 15) is 4.79 Å². The molecule has 3 N–H and O–H groups in total. The Morgan fingerprint density at radius 3 is 2.78 bits per heavy atom. The minimum atomic E-state index is -0.998. The SMILES string of the molecule is CC(C)c1c(CC(N)C(=O)O)ccc2c1OCO2. The second-order valence-corrected chi connectivity index (χ2v) is 4.68. The Bertz CT molecular complexity index is 470. The van der Waals surface area contributed by atoms with Crippen molar-refractivity contribution in [1.29, 1.82) is 0 Å². The average molecular weight is 251 g/mol. The number of rotatable bonds is 4. The lowest BCUT2D eigenvalue weighted by molar-refractivity contribution is -0.138. The maximum absolute atomic E-state index is 10.8. The topological polar surface area (TPSA) is 81.8 Å². The number of hydrogen-bond donors (Lipinski definition) is 2. The molecular weight excluding hydrogens is 234 g/mol. The molecule has 0 radical (unpaired) electrons. The zero-order chi connectivity index (χ0) is 13.3.